The molecule has 0 aliphatic rings. The Morgan fingerprint density at radius 1 is 0.347 bits per heavy atom. The van der Waals surface area contributed by atoms with Gasteiger partial charge in [-0.05, 0) is 32.1 Å². The minimum Gasteiger partial charge on any atom is -0.234 e. The van der Waals surface area contributed by atoms with Crippen LogP contribution in [-0.4, -0.2) is 4.57 Å². The first-order valence-corrected chi connectivity index (χ1v) is 23.4. The average Bonchev–Trinajstić information content (AvgIpc) is 3.50. The Kier molecular flexibility index (Phi) is 36.3. The molecule has 2 heteroatoms. The number of aryl methyl sites for hydroxylation is 2. The summed E-state index contributed by atoms with van der Waals surface area (Å²) in [5, 5.41) is 0. The first-order chi connectivity index (χ1) is 24.3. The second-order valence-electron chi connectivity index (χ2n) is 16.2. The maximum Gasteiger partial charge on any atom is 0.256 e. The van der Waals surface area contributed by atoms with Crippen LogP contribution in [0, 0.1) is 0 Å². The molecule has 0 unspecified atom stereocenters. The number of unbranched alkanes of at least 4 members (excludes halogenated alkanes) is 35. The van der Waals surface area contributed by atoms with E-state index in [2.05, 4.69) is 42.3 Å². The van der Waals surface area contributed by atoms with Crippen LogP contribution in [0.2, 0.25) is 0 Å². The van der Waals surface area contributed by atoms with Gasteiger partial charge in [-0.3, -0.25) is 0 Å². The van der Waals surface area contributed by atoms with E-state index in [1.807, 2.05) is 0 Å². The predicted octanol–water partition coefficient (Wildman–Crippen LogP) is 16.2. The normalized spacial score (nSPS) is 11.7. The van der Waals surface area contributed by atoms with Gasteiger partial charge in [0.25, 0.3) is 5.82 Å². The molecule has 0 atom stereocenters. The monoisotopic (exact) mass is 686 g/mol. The molecule has 1 aromatic heterocycles. The highest BCUT2D eigenvalue weighted by Crippen LogP contribution is 2.16. The highest BCUT2D eigenvalue weighted by Gasteiger charge is 2.16. The van der Waals surface area contributed by atoms with Gasteiger partial charge in [0.15, 0.2) is 0 Å². The summed E-state index contributed by atoms with van der Waals surface area (Å²) in [7, 11) is 0. The van der Waals surface area contributed by atoms with Crippen molar-refractivity contribution < 1.29 is 4.57 Å². The van der Waals surface area contributed by atoms with Gasteiger partial charge >= 0.3 is 0 Å². The van der Waals surface area contributed by atoms with Crippen LogP contribution in [0.3, 0.4) is 0 Å². The number of nitrogens with zero attached hydrogens (tertiary/aromatic N) is 2. The fourth-order valence-electron chi connectivity index (χ4n) is 7.92. The van der Waals surface area contributed by atoms with Crippen LogP contribution >= 0.6 is 0 Å². The van der Waals surface area contributed by atoms with Crippen molar-refractivity contribution in [2.75, 3.05) is 0 Å². The lowest BCUT2D eigenvalue weighted by molar-refractivity contribution is -0.704. The molecule has 49 heavy (non-hydrogen) atoms. The molecule has 1 aromatic rings. The third-order valence-corrected chi connectivity index (χ3v) is 11.3. The zero-order chi connectivity index (χ0) is 35.1. The van der Waals surface area contributed by atoms with Crippen LogP contribution in [0.1, 0.15) is 271 Å². The number of aromatic nitrogens is 2. The molecular weight excluding hydrogens is 593 g/mol. The van der Waals surface area contributed by atoms with Gasteiger partial charge in [0, 0.05) is 6.42 Å². The van der Waals surface area contributed by atoms with Gasteiger partial charge in [0.05, 0.1) is 13.1 Å². The molecule has 0 saturated carbocycles. The lowest BCUT2D eigenvalue weighted by Crippen LogP contribution is -2.37. The van der Waals surface area contributed by atoms with E-state index in [0.717, 1.165) is 0 Å². The summed E-state index contributed by atoms with van der Waals surface area (Å²) in [5.74, 6) is 1.63. The summed E-state index contributed by atoms with van der Waals surface area (Å²) in [6.07, 6.45) is 60.8. The van der Waals surface area contributed by atoms with Crippen LogP contribution in [-0.2, 0) is 19.5 Å². The molecule has 1 rings (SSSR count). The second-order valence-corrected chi connectivity index (χ2v) is 16.2. The Bertz CT molecular complexity index is 751. The third kappa shape index (κ3) is 30.5. The van der Waals surface area contributed by atoms with Crippen LogP contribution < -0.4 is 4.57 Å². The molecular formula is C47H93N2+. The molecule has 290 valence electrons. The first-order valence-electron chi connectivity index (χ1n) is 23.4. The van der Waals surface area contributed by atoms with Crippen LogP contribution in [0.4, 0.5) is 0 Å². The highest BCUT2D eigenvalue weighted by molar-refractivity contribution is 4.84. The summed E-state index contributed by atoms with van der Waals surface area (Å²) < 4.78 is 5.30. The van der Waals surface area contributed by atoms with Crippen molar-refractivity contribution in [2.24, 2.45) is 0 Å². The highest BCUT2D eigenvalue weighted by atomic mass is 15.1. The van der Waals surface area contributed by atoms with E-state index < -0.39 is 0 Å². The Hall–Kier alpha value is -0.790. The van der Waals surface area contributed by atoms with Gasteiger partial charge in [0.1, 0.15) is 12.4 Å². The molecule has 0 saturated heterocycles. The molecule has 0 amide bonds. The summed E-state index contributed by atoms with van der Waals surface area (Å²) in [5.41, 5.74) is 0. The van der Waals surface area contributed by atoms with Gasteiger partial charge in [-0.1, -0.05) is 233 Å². The van der Waals surface area contributed by atoms with Gasteiger partial charge in [-0.2, -0.15) is 0 Å². The van der Waals surface area contributed by atoms with E-state index in [0.29, 0.717) is 0 Å². The molecule has 1 heterocycles. The van der Waals surface area contributed by atoms with E-state index in [9.17, 15) is 0 Å². The largest absolute Gasteiger partial charge is 0.256 e. The summed E-state index contributed by atoms with van der Waals surface area (Å²) in [6.45, 7) is 9.41. The van der Waals surface area contributed by atoms with Crippen LogP contribution in [0.25, 0.3) is 0 Å². The van der Waals surface area contributed by atoms with Crippen molar-refractivity contribution >= 4 is 0 Å². The number of hydrogen-bond donors (Lipinski definition) is 0. The van der Waals surface area contributed by atoms with Crippen molar-refractivity contribution in [3.63, 3.8) is 0 Å². The summed E-state index contributed by atoms with van der Waals surface area (Å²) in [6, 6.07) is 0. The first kappa shape index (κ1) is 46.2. The van der Waals surface area contributed by atoms with Crippen molar-refractivity contribution in [3.05, 3.63) is 18.2 Å². The van der Waals surface area contributed by atoms with Gasteiger partial charge in [-0.25, -0.2) is 9.13 Å². The molecule has 0 aliphatic heterocycles. The van der Waals surface area contributed by atoms with E-state index in [-0.39, 0.29) is 0 Å². The molecule has 0 spiro atoms. The molecule has 0 radical (unpaired) electrons. The van der Waals surface area contributed by atoms with Crippen molar-refractivity contribution in [1.29, 1.82) is 0 Å². The smallest absolute Gasteiger partial charge is 0.234 e. The third-order valence-electron chi connectivity index (χ3n) is 11.3. The Balaban J connectivity index is 2.22. The number of imidazole rings is 1. The molecule has 0 aromatic carbocycles. The van der Waals surface area contributed by atoms with Gasteiger partial charge in [-0.15, -0.1) is 0 Å². The van der Waals surface area contributed by atoms with Crippen LogP contribution in [0.5, 0.6) is 0 Å². The number of rotatable bonds is 41. The average molecular weight is 686 g/mol. The molecule has 2 nitrogen and oxygen atoms in total. The maximum atomic E-state index is 2.65. The SMILES string of the molecule is CCCCCCCCCCCCCCCCCCC[n+]1ccn(CCCCCCCCCCCCCC)c1CCCCCCCCCCC. The zero-order valence-electron chi connectivity index (χ0n) is 34.5. The lowest BCUT2D eigenvalue weighted by Gasteiger charge is -2.07. The minimum absolute atomic E-state index is 1.23. The summed E-state index contributed by atoms with van der Waals surface area (Å²) in [4.78, 5) is 0. The van der Waals surface area contributed by atoms with E-state index in [4.69, 9.17) is 0 Å². The fourth-order valence-corrected chi connectivity index (χ4v) is 7.92. The standard InChI is InChI=1S/C47H93N2/c1-4-7-10-13-16-19-21-23-24-25-26-27-29-32-35-38-41-44-49-46-45-48(47(49)42-39-36-33-30-18-15-12-9-6-3)43-40-37-34-31-28-22-20-17-14-11-8-5-2/h45-46H,4-44H2,1-3H3/q+1. The topological polar surface area (TPSA) is 8.81 Å². The maximum absolute atomic E-state index is 2.65. The van der Waals surface area contributed by atoms with Gasteiger partial charge < -0.3 is 0 Å². The Morgan fingerprint density at radius 3 is 0.980 bits per heavy atom. The van der Waals surface area contributed by atoms with Crippen molar-refractivity contribution in [1.82, 2.24) is 4.57 Å². The molecule has 0 aliphatic carbocycles. The van der Waals surface area contributed by atoms with Crippen molar-refractivity contribution in [2.45, 2.75) is 284 Å². The fraction of sp³-hybridized carbons (Fsp3) is 0.936. The van der Waals surface area contributed by atoms with E-state index in [1.54, 1.807) is 5.82 Å². The lowest BCUT2D eigenvalue weighted by atomic mass is 10.0. The molecule has 0 fully saturated rings. The quantitative estimate of drug-likeness (QED) is 0.0479. The second kappa shape index (κ2) is 38.4. The van der Waals surface area contributed by atoms with E-state index >= 15 is 0 Å². The summed E-state index contributed by atoms with van der Waals surface area (Å²) >= 11 is 0. The molecule has 0 N–H and O–H groups in total. The molecule has 0 bridgehead atoms. The van der Waals surface area contributed by atoms with Gasteiger partial charge in [0.2, 0.25) is 0 Å². The number of hydrogen-bond acceptors (Lipinski definition) is 0. The zero-order valence-corrected chi connectivity index (χ0v) is 34.5. The predicted molar refractivity (Wildman–Crippen MR) is 221 cm³/mol. The minimum atomic E-state index is 1.23. The Morgan fingerprint density at radius 2 is 0.633 bits per heavy atom. The van der Waals surface area contributed by atoms with Crippen LogP contribution in [0.15, 0.2) is 12.4 Å². The Labute approximate surface area is 310 Å². The van der Waals surface area contributed by atoms with Crippen molar-refractivity contribution in [3.8, 4) is 0 Å². The van der Waals surface area contributed by atoms with E-state index in [1.165, 1.54) is 264 Å².